The van der Waals surface area contributed by atoms with Crippen LogP contribution in [0.5, 0.6) is 0 Å². The molecule has 0 aromatic heterocycles. The fourth-order valence-corrected chi connectivity index (χ4v) is 2.83. The molecule has 1 N–H and O–H groups in total. The van der Waals surface area contributed by atoms with Crippen LogP contribution in [0.4, 0.5) is 0 Å². The fourth-order valence-electron chi connectivity index (χ4n) is 2.39. The van der Waals surface area contributed by atoms with Gasteiger partial charge in [-0.25, -0.2) is 13.2 Å². The van der Waals surface area contributed by atoms with Gasteiger partial charge in [0.2, 0.25) is 5.91 Å². The zero-order valence-electron chi connectivity index (χ0n) is 12.4. The minimum Gasteiger partial charge on any atom is -0.480 e. The molecule has 0 aromatic carbocycles. The van der Waals surface area contributed by atoms with Gasteiger partial charge in [0, 0.05) is 12.8 Å². The van der Waals surface area contributed by atoms with Crippen molar-refractivity contribution in [2.24, 2.45) is 5.92 Å². The summed E-state index contributed by atoms with van der Waals surface area (Å²) in [6.07, 6.45) is 2.96. The van der Waals surface area contributed by atoms with Gasteiger partial charge in [-0.1, -0.05) is 13.3 Å². The first kappa shape index (κ1) is 16.9. The van der Waals surface area contributed by atoms with Gasteiger partial charge in [-0.3, -0.25) is 4.79 Å². The highest BCUT2D eigenvalue weighted by atomic mass is 32.2. The standard InChI is InChI=1S/C13H23NO5S/c1-5-9-6-7-14(10(8-9)11(15)16)12(17)13(2,3)20(4,18)19/h9-10H,5-8H2,1-4H3,(H,15,16). The number of likely N-dealkylation sites (tertiary alicyclic amines) is 1. The SMILES string of the molecule is CCC1CCN(C(=O)C(C)(C)S(C)(=O)=O)C(C(=O)O)C1. The number of carbonyl (C=O) groups is 2. The summed E-state index contributed by atoms with van der Waals surface area (Å²) < 4.78 is 21.9. The van der Waals surface area contributed by atoms with Crippen LogP contribution >= 0.6 is 0 Å². The van der Waals surface area contributed by atoms with Crippen LogP contribution in [0.25, 0.3) is 0 Å². The molecule has 1 aliphatic heterocycles. The fraction of sp³-hybridized carbons (Fsp3) is 0.846. The van der Waals surface area contributed by atoms with Crippen LogP contribution in [0.2, 0.25) is 0 Å². The van der Waals surface area contributed by atoms with Crippen LogP contribution in [0, 0.1) is 5.92 Å². The third-order valence-electron chi connectivity index (χ3n) is 4.28. The second kappa shape index (κ2) is 5.71. The Kier molecular flexibility index (Phi) is 4.84. The summed E-state index contributed by atoms with van der Waals surface area (Å²) in [6, 6.07) is -0.928. The quantitative estimate of drug-likeness (QED) is 0.833. The maximum atomic E-state index is 12.5. The van der Waals surface area contributed by atoms with E-state index in [-0.39, 0.29) is 5.92 Å². The van der Waals surface area contributed by atoms with Gasteiger partial charge in [0.25, 0.3) is 0 Å². The van der Waals surface area contributed by atoms with Crippen molar-refractivity contribution in [2.45, 2.75) is 50.8 Å². The molecule has 2 unspecified atom stereocenters. The summed E-state index contributed by atoms with van der Waals surface area (Å²) >= 11 is 0. The number of rotatable bonds is 4. The molecule has 0 bridgehead atoms. The summed E-state index contributed by atoms with van der Waals surface area (Å²) in [5.41, 5.74) is 0. The molecule has 116 valence electrons. The topological polar surface area (TPSA) is 91.8 Å². The molecule has 0 spiro atoms. The molecular weight excluding hydrogens is 282 g/mol. The Morgan fingerprint density at radius 2 is 1.90 bits per heavy atom. The largest absolute Gasteiger partial charge is 0.480 e. The van der Waals surface area contributed by atoms with E-state index in [1.165, 1.54) is 18.7 Å². The van der Waals surface area contributed by atoms with Gasteiger partial charge in [0.05, 0.1) is 0 Å². The predicted molar refractivity (Wildman–Crippen MR) is 75.1 cm³/mol. The highest BCUT2D eigenvalue weighted by Gasteiger charge is 2.46. The van der Waals surface area contributed by atoms with Crippen LogP contribution in [0.15, 0.2) is 0 Å². The Labute approximate surface area is 120 Å². The second-order valence-electron chi connectivity index (χ2n) is 5.93. The highest BCUT2D eigenvalue weighted by Crippen LogP contribution is 2.29. The number of carboxylic acid groups (broad SMARTS) is 1. The van der Waals surface area contributed by atoms with Crippen LogP contribution in [-0.2, 0) is 19.4 Å². The summed E-state index contributed by atoms with van der Waals surface area (Å²) in [7, 11) is -3.60. The molecule has 1 saturated heterocycles. The Morgan fingerprint density at radius 3 is 2.30 bits per heavy atom. The molecule has 20 heavy (non-hydrogen) atoms. The van der Waals surface area contributed by atoms with E-state index in [2.05, 4.69) is 0 Å². The third-order valence-corrected chi connectivity index (χ3v) is 6.30. The van der Waals surface area contributed by atoms with Gasteiger partial charge in [-0.2, -0.15) is 0 Å². The maximum absolute atomic E-state index is 12.5. The summed E-state index contributed by atoms with van der Waals surface area (Å²) in [6.45, 7) is 4.94. The van der Waals surface area contributed by atoms with E-state index in [0.717, 1.165) is 12.7 Å². The first-order valence-electron chi connectivity index (χ1n) is 6.75. The zero-order valence-corrected chi connectivity index (χ0v) is 13.2. The highest BCUT2D eigenvalue weighted by molar-refractivity contribution is 7.92. The van der Waals surface area contributed by atoms with Crippen molar-refractivity contribution in [3.8, 4) is 0 Å². The summed E-state index contributed by atoms with van der Waals surface area (Å²) in [5.74, 6) is -1.43. The molecular formula is C13H23NO5S. The van der Waals surface area contributed by atoms with Crippen molar-refractivity contribution in [3.63, 3.8) is 0 Å². The normalized spacial score (nSPS) is 24.5. The smallest absolute Gasteiger partial charge is 0.326 e. The monoisotopic (exact) mass is 305 g/mol. The molecule has 7 heteroatoms. The van der Waals surface area contributed by atoms with Crippen molar-refractivity contribution < 1.29 is 23.1 Å². The van der Waals surface area contributed by atoms with Crippen LogP contribution in [-0.4, -0.2) is 53.9 Å². The molecule has 2 atom stereocenters. The maximum Gasteiger partial charge on any atom is 0.326 e. The minimum absolute atomic E-state index is 0.265. The lowest BCUT2D eigenvalue weighted by Gasteiger charge is -2.40. The van der Waals surface area contributed by atoms with Crippen molar-refractivity contribution in [3.05, 3.63) is 0 Å². The number of nitrogens with zero attached hydrogens (tertiary/aromatic N) is 1. The van der Waals surface area contributed by atoms with Crippen LogP contribution in [0.1, 0.15) is 40.0 Å². The summed E-state index contributed by atoms with van der Waals surface area (Å²) in [5, 5.41) is 9.30. The molecule has 1 amide bonds. The van der Waals surface area contributed by atoms with Crippen LogP contribution < -0.4 is 0 Å². The van der Waals surface area contributed by atoms with Crippen molar-refractivity contribution in [2.75, 3.05) is 12.8 Å². The molecule has 1 rings (SSSR count). The molecule has 1 fully saturated rings. The number of piperidine rings is 1. The van der Waals surface area contributed by atoms with Gasteiger partial charge in [-0.15, -0.1) is 0 Å². The number of hydrogen-bond donors (Lipinski definition) is 1. The van der Waals surface area contributed by atoms with Gasteiger partial charge in [-0.05, 0) is 32.6 Å². The van der Waals surface area contributed by atoms with E-state index in [0.29, 0.717) is 19.4 Å². The predicted octanol–water partition coefficient (Wildman–Crippen LogP) is 0.911. The Hall–Kier alpha value is -1.11. The molecule has 1 aliphatic rings. The van der Waals surface area contributed by atoms with Crippen LogP contribution in [0.3, 0.4) is 0 Å². The van der Waals surface area contributed by atoms with E-state index in [1.807, 2.05) is 6.92 Å². The van der Waals surface area contributed by atoms with Crippen molar-refractivity contribution in [1.82, 2.24) is 4.90 Å². The van der Waals surface area contributed by atoms with Gasteiger partial charge < -0.3 is 10.0 Å². The molecule has 0 saturated carbocycles. The molecule has 0 aliphatic carbocycles. The Balaban J connectivity index is 3.05. The Morgan fingerprint density at radius 1 is 1.35 bits per heavy atom. The van der Waals surface area contributed by atoms with Crippen molar-refractivity contribution in [1.29, 1.82) is 0 Å². The average molecular weight is 305 g/mol. The summed E-state index contributed by atoms with van der Waals surface area (Å²) in [4.78, 5) is 25.0. The van der Waals surface area contributed by atoms with Gasteiger partial charge in [0.15, 0.2) is 9.84 Å². The van der Waals surface area contributed by atoms with Gasteiger partial charge in [0.1, 0.15) is 10.8 Å². The van der Waals surface area contributed by atoms with E-state index in [1.54, 1.807) is 0 Å². The number of sulfone groups is 1. The number of carbonyl (C=O) groups excluding carboxylic acids is 1. The number of carboxylic acids is 1. The third kappa shape index (κ3) is 3.13. The molecule has 6 nitrogen and oxygen atoms in total. The first-order chi connectivity index (χ1) is 9.02. The first-order valence-corrected chi connectivity index (χ1v) is 8.65. The number of amides is 1. The lowest BCUT2D eigenvalue weighted by atomic mass is 9.88. The minimum atomic E-state index is -3.60. The van der Waals surface area contributed by atoms with E-state index >= 15 is 0 Å². The Bertz CT molecular complexity index is 497. The zero-order chi connectivity index (χ0) is 15.7. The average Bonchev–Trinajstić information content (AvgIpc) is 2.35. The van der Waals surface area contributed by atoms with E-state index in [9.17, 15) is 23.1 Å². The molecule has 0 radical (unpaired) electrons. The van der Waals surface area contributed by atoms with Gasteiger partial charge >= 0.3 is 5.97 Å². The number of aliphatic carboxylic acids is 1. The lowest BCUT2D eigenvalue weighted by Crippen LogP contribution is -2.57. The molecule has 0 aromatic rings. The lowest BCUT2D eigenvalue weighted by molar-refractivity contribution is -0.154. The van der Waals surface area contributed by atoms with E-state index in [4.69, 9.17) is 0 Å². The second-order valence-corrected chi connectivity index (χ2v) is 8.50. The van der Waals surface area contributed by atoms with E-state index < -0.39 is 32.5 Å². The van der Waals surface area contributed by atoms with Crippen molar-refractivity contribution >= 4 is 21.7 Å². The number of hydrogen-bond acceptors (Lipinski definition) is 4. The molecule has 1 heterocycles.